The van der Waals surface area contributed by atoms with Gasteiger partial charge in [-0.3, -0.25) is 4.79 Å². The van der Waals surface area contributed by atoms with Gasteiger partial charge in [0, 0.05) is 39.8 Å². The van der Waals surface area contributed by atoms with Crippen LogP contribution in [0.1, 0.15) is 15.9 Å². The Hall–Kier alpha value is -5.47. The van der Waals surface area contributed by atoms with Crippen LogP contribution in [0.25, 0.3) is 38.7 Å². The predicted octanol–water partition coefficient (Wildman–Crippen LogP) is 7.35. The lowest BCUT2D eigenvalue weighted by molar-refractivity contribution is 0.102. The van der Waals surface area contributed by atoms with Crippen molar-refractivity contribution >= 4 is 50.7 Å². The number of nitrogens with one attached hydrogen (secondary N) is 2. The first kappa shape index (κ1) is 25.5. The number of nitrogens with zero attached hydrogens (tertiary/aromatic N) is 4. The molecule has 206 valence electrons. The molecule has 7 aromatic rings. The SMILES string of the molecule is CN(C)Cc1ccc(C(=O)Nc2ccc(Nc3nc(-c4cccc5c4oc4ccccc45)cc4ccnn34)cc2)cc1. The maximum Gasteiger partial charge on any atom is 0.255 e. The number of furan rings is 1. The number of fused-ring (bicyclic) bond motifs is 4. The Morgan fingerprint density at radius 3 is 2.43 bits per heavy atom. The summed E-state index contributed by atoms with van der Waals surface area (Å²) in [5.41, 5.74) is 7.50. The number of aromatic nitrogens is 3. The number of benzene rings is 4. The Bertz CT molecular complexity index is 2060. The van der Waals surface area contributed by atoms with Gasteiger partial charge in [0.05, 0.1) is 17.4 Å². The molecule has 0 radical (unpaired) electrons. The van der Waals surface area contributed by atoms with Gasteiger partial charge in [0.15, 0.2) is 0 Å². The van der Waals surface area contributed by atoms with E-state index in [1.165, 1.54) is 0 Å². The molecular formula is C34H28N6O2. The fraction of sp³-hybridized carbons (Fsp3) is 0.0882. The highest BCUT2D eigenvalue weighted by Gasteiger charge is 2.16. The Morgan fingerprint density at radius 2 is 1.62 bits per heavy atom. The molecule has 0 atom stereocenters. The minimum atomic E-state index is -0.153. The third-order valence-electron chi connectivity index (χ3n) is 7.18. The molecule has 7 rings (SSSR count). The van der Waals surface area contributed by atoms with Crippen molar-refractivity contribution in [2.45, 2.75) is 6.54 Å². The minimum absolute atomic E-state index is 0.153. The number of carbonyl (C=O) groups is 1. The van der Waals surface area contributed by atoms with Gasteiger partial charge in [-0.15, -0.1) is 0 Å². The number of amides is 1. The van der Waals surface area contributed by atoms with Crippen molar-refractivity contribution in [1.82, 2.24) is 19.5 Å². The van der Waals surface area contributed by atoms with Crippen molar-refractivity contribution in [3.63, 3.8) is 0 Å². The zero-order valence-corrected chi connectivity index (χ0v) is 23.2. The van der Waals surface area contributed by atoms with Crippen LogP contribution in [0.5, 0.6) is 0 Å². The van der Waals surface area contributed by atoms with E-state index in [0.29, 0.717) is 17.2 Å². The molecule has 3 aromatic heterocycles. The van der Waals surface area contributed by atoms with Crippen molar-refractivity contribution < 1.29 is 9.21 Å². The Kier molecular flexibility index (Phi) is 6.37. The molecule has 42 heavy (non-hydrogen) atoms. The molecule has 1 amide bonds. The van der Waals surface area contributed by atoms with Crippen LogP contribution in [0.4, 0.5) is 17.3 Å². The average molecular weight is 553 g/mol. The largest absolute Gasteiger partial charge is 0.455 e. The molecule has 0 spiro atoms. The van der Waals surface area contributed by atoms with Crippen molar-refractivity contribution in [3.8, 4) is 11.3 Å². The Labute approximate surface area is 242 Å². The van der Waals surface area contributed by atoms with Gasteiger partial charge in [-0.2, -0.15) is 5.10 Å². The molecule has 0 aliphatic rings. The molecule has 2 N–H and O–H groups in total. The number of hydrogen-bond donors (Lipinski definition) is 2. The average Bonchev–Trinajstić information content (AvgIpc) is 3.63. The van der Waals surface area contributed by atoms with E-state index >= 15 is 0 Å². The first-order valence-corrected chi connectivity index (χ1v) is 13.7. The van der Waals surface area contributed by atoms with E-state index in [1.807, 2.05) is 105 Å². The van der Waals surface area contributed by atoms with Gasteiger partial charge < -0.3 is 20.0 Å². The topological polar surface area (TPSA) is 87.7 Å². The number of carbonyl (C=O) groups excluding carboxylic acids is 1. The van der Waals surface area contributed by atoms with Gasteiger partial charge >= 0.3 is 0 Å². The lowest BCUT2D eigenvalue weighted by Crippen LogP contribution is -2.13. The van der Waals surface area contributed by atoms with E-state index in [-0.39, 0.29) is 5.91 Å². The van der Waals surface area contributed by atoms with Crippen LogP contribution in [0, 0.1) is 0 Å². The van der Waals surface area contributed by atoms with Crippen LogP contribution in [0.3, 0.4) is 0 Å². The summed E-state index contributed by atoms with van der Waals surface area (Å²) in [7, 11) is 4.04. The summed E-state index contributed by atoms with van der Waals surface area (Å²) < 4.78 is 8.03. The standard InChI is InChI=1S/C34H28N6O2/c1-39(2)21-22-10-12-23(13-11-22)33(41)36-24-14-16-25(17-15-24)37-34-38-30(20-26-18-19-35-40(26)34)29-8-5-7-28-27-6-3-4-9-31(27)42-32(28)29/h3-20H,21H2,1-2H3,(H,36,41)(H,37,38). The molecule has 0 saturated heterocycles. The van der Waals surface area contributed by atoms with Crippen molar-refractivity contribution in [1.29, 1.82) is 0 Å². The van der Waals surface area contributed by atoms with Gasteiger partial charge in [-0.05, 0) is 80.3 Å². The lowest BCUT2D eigenvalue weighted by Gasteiger charge is -2.12. The van der Waals surface area contributed by atoms with E-state index in [4.69, 9.17) is 9.40 Å². The molecule has 0 bridgehead atoms. The quantitative estimate of drug-likeness (QED) is 0.215. The van der Waals surface area contributed by atoms with Crippen molar-refractivity contribution in [2.75, 3.05) is 24.7 Å². The summed E-state index contributed by atoms with van der Waals surface area (Å²) in [4.78, 5) is 19.8. The molecule has 4 aromatic carbocycles. The normalized spacial score (nSPS) is 11.5. The van der Waals surface area contributed by atoms with Crippen LogP contribution < -0.4 is 10.6 Å². The fourth-order valence-electron chi connectivity index (χ4n) is 5.20. The van der Waals surface area contributed by atoms with Crippen LogP contribution >= 0.6 is 0 Å². The van der Waals surface area contributed by atoms with Crippen LogP contribution in [-0.2, 0) is 6.54 Å². The molecule has 0 saturated carbocycles. The summed E-state index contributed by atoms with van der Waals surface area (Å²) >= 11 is 0. The van der Waals surface area contributed by atoms with E-state index in [9.17, 15) is 4.79 Å². The van der Waals surface area contributed by atoms with Crippen LogP contribution in [0.2, 0.25) is 0 Å². The highest BCUT2D eigenvalue weighted by Crippen LogP contribution is 2.36. The molecule has 8 nitrogen and oxygen atoms in total. The third kappa shape index (κ3) is 4.84. The minimum Gasteiger partial charge on any atom is -0.455 e. The first-order valence-electron chi connectivity index (χ1n) is 13.7. The van der Waals surface area contributed by atoms with Gasteiger partial charge in [-0.25, -0.2) is 9.50 Å². The molecule has 3 heterocycles. The van der Waals surface area contributed by atoms with E-state index in [0.717, 1.165) is 56.5 Å². The second-order valence-electron chi connectivity index (χ2n) is 10.5. The van der Waals surface area contributed by atoms with E-state index in [1.54, 1.807) is 10.7 Å². The van der Waals surface area contributed by atoms with E-state index in [2.05, 4.69) is 32.8 Å². The lowest BCUT2D eigenvalue weighted by atomic mass is 10.1. The fourth-order valence-corrected chi connectivity index (χ4v) is 5.20. The van der Waals surface area contributed by atoms with Crippen LogP contribution in [0.15, 0.2) is 114 Å². The highest BCUT2D eigenvalue weighted by molar-refractivity contribution is 6.09. The molecule has 8 heteroatoms. The van der Waals surface area contributed by atoms with Gasteiger partial charge in [0.25, 0.3) is 5.91 Å². The summed E-state index contributed by atoms with van der Waals surface area (Å²) in [5, 5.41) is 13.0. The molecule has 0 unspecified atom stereocenters. The molecule has 0 aliphatic carbocycles. The second-order valence-corrected chi connectivity index (χ2v) is 10.5. The highest BCUT2D eigenvalue weighted by atomic mass is 16.3. The van der Waals surface area contributed by atoms with Gasteiger partial charge in [0.2, 0.25) is 5.95 Å². The summed E-state index contributed by atoms with van der Waals surface area (Å²) in [6.07, 6.45) is 1.75. The summed E-state index contributed by atoms with van der Waals surface area (Å²) in [5.74, 6) is 0.412. The second kappa shape index (κ2) is 10.5. The van der Waals surface area contributed by atoms with Crippen molar-refractivity contribution in [3.05, 3.63) is 120 Å². The zero-order valence-electron chi connectivity index (χ0n) is 23.2. The Morgan fingerprint density at radius 1 is 0.857 bits per heavy atom. The monoisotopic (exact) mass is 552 g/mol. The van der Waals surface area contributed by atoms with Crippen LogP contribution in [-0.4, -0.2) is 39.5 Å². The third-order valence-corrected chi connectivity index (χ3v) is 7.18. The number of para-hydroxylation sites is 2. The predicted molar refractivity (Wildman–Crippen MR) is 167 cm³/mol. The molecular weight excluding hydrogens is 524 g/mol. The Balaban J connectivity index is 1.14. The molecule has 0 fully saturated rings. The van der Waals surface area contributed by atoms with Crippen molar-refractivity contribution in [2.24, 2.45) is 0 Å². The van der Waals surface area contributed by atoms with Gasteiger partial charge in [-0.1, -0.05) is 42.5 Å². The number of hydrogen-bond acceptors (Lipinski definition) is 6. The number of rotatable bonds is 7. The summed E-state index contributed by atoms with van der Waals surface area (Å²) in [6, 6.07) is 33.3. The maximum atomic E-state index is 12.8. The van der Waals surface area contributed by atoms with Gasteiger partial charge in [0.1, 0.15) is 11.2 Å². The summed E-state index contributed by atoms with van der Waals surface area (Å²) in [6.45, 7) is 0.828. The van der Waals surface area contributed by atoms with E-state index < -0.39 is 0 Å². The molecule has 0 aliphatic heterocycles. The zero-order chi connectivity index (χ0) is 28.6. The first-order chi connectivity index (χ1) is 20.5. The number of anilines is 3. The maximum absolute atomic E-state index is 12.8. The smallest absolute Gasteiger partial charge is 0.255 e.